The summed E-state index contributed by atoms with van der Waals surface area (Å²) in [5.74, 6) is 0.950. The van der Waals surface area contributed by atoms with Gasteiger partial charge in [-0.2, -0.15) is 0 Å². The molecule has 94 valence electrons. The second-order valence-corrected chi connectivity index (χ2v) is 5.29. The maximum atomic E-state index is 5.81. The molecule has 0 heterocycles. The molecule has 0 amide bonds. The molecule has 0 spiro atoms. The maximum absolute atomic E-state index is 5.81. The normalized spacial score (nSPS) is 17.0. The molecule has 3 N–H and O–H groups in total. The molecule has 0 aromatic heterocycles. The lowest BCUT2D eigenvalue weighted by Gasteiger charge is -2.21. The van der Waals surface area contributed by atoms with Gasteiger partial charge in [-0.3, -0.25) is 0 Å². The van der Waals surface area contributed by atoms with E-state index in [0.29, 0.717) is 0 Å². The van der Waals surface area contributed by atoms with E-state index < -0.39 is 0 Å². The summed E-state index contributed by atoms with van der Waals surface area (Å²) >= 11 is 0. The van der Waals surface area contributed by atoms with E-state index in [1.165, 1.54) is 44.2 Å². The van der Waals surface area contributed by atoms with Gasteiger partial charge in [-0.05, 0) is 43.0 Å². The standard InChI is InChI=1S/C15H24N2/c1-12-11-14(7-8-15(12)16)17-10-9-13-5-3-2-4-6-13/h7-8,11,13,17H,2-6,9-10,16H2,1H3. The van der Waals surface area contributed by atoms with Crippen molar-refractivity contribution in [2.75, 3.05) is 17.6 Å². The van der Waals surface area contributed by atoms with Crippen molar-refractivity contribution < 1.29 is 0 Å². The lowest BCUT2D eigenvalue weighted by molar-refractivity contribution is 0.345. The van der Waals surface area contributed by atoms with Crippen molar-refractivity contribution in [3.05, 3.63) is 23.8 Å². The zero-order valence-electron chi connectivity index (χ0n) is 10.8. The van der Waals surface area contributed by atoms with Gasteiger partial charge in [0.05, 0.1) is 0 Å². The number of nitrogen functional groups attached to an aromatic ring is 1. The van der Waals surface area contributed by atoms with Crippen LogP contribution >= 0.6 is 0 Å². The highest BCUT2D eigenvalue weighted by atomic mass is 14.9. The SMILES string of the molecule is Cc1cc(NCCC2CCCCC2)ccc1N. The molecule has 0 unspecified atom stereocenters. The number of benzene rings is 1. The van der Waals surface area contributed by atoms with Crippen LogP contribution in [0.2, 0.25) is 0 Å². The molecule has 1 fully saturated rings. The van der Waals surface area contributed by atoms with E-state index in [2.05, 4.69) is 24.4 Å². The number of anilines is 2. The van der Waals surface area contributed by atoms with Crippen molar-refractivity contribution in [2.45, 2.75) is 45.4 Å². The van der Waals surface area contributed by atoms with Gasteiger partial charge in [-0.1, -0.05) is 32.1 Å². The van der Waals surface area contributed by atoms with Crippen molar-refractivity contribution in [2.24, 2.45) is 5.92 Å². The van der Waals surface area contributed by atoms with Gasteiger partial charge < -0.3 is 11.1 Å². The zero-order chi connectivity index (χ0) is 12.1. The van der Waals surface area contributed by atoms with Crippen LogP contribution in [0.4, 0.5) is 11.4 Å². The number of aryl methyl sites for hydroxylation is 1. The molecular formula is C15H24N2. The lowest BCUT2D eigenvalue weighted by atomic mass is 9.87. The van der Waals surface area contributed by atoms with Gasteiger partial charge in [0.1, 0.15) is 0 Å². The molecule has 0 bridgehead atoms. The molecule has 0 saturated heterocycles. The van der Waals surface area contributed by atoms with E-state index in [9.17, 15) is 0 Å². The van der Waals surface area contributed by atoms with Gasteiger partial charge in [0.2, 0.25) is 0 Å². The number of hydrogen-bond acceptors (Lipinski definition) is 2. The highest BCUT2D eigenvalue weighted by molar-refractivity contribution is 5.56. The second kappa shape index (κ2) is 5.95. The quantitative estimate of drug-likeness (QED) is 0.771. The number of rotatable bonds is 4. The Labute approximate surface area is 105 Å². The third-order valence-electron chi connectivity index (χ3n) is 3.88. The van der Waals surface area contributed by atoms with Crippen LogP contribution in [0.1, 0.15) is 44.1 Å². The Morgan fingerprint density at radius 2 is 2.00 bits per heavy atom. The molecule has 2 heteroatoms. The van der Waals surface area contributed by atoms with Crippen LogP contribution in [0, 0.1) is 12.8 Å². The van der Waals surface area contributed by atoms with Gasteiger partial charge in [0.25, 0.3) is 0 Å². The molecule has 17 heavy (non-hydrogen) atoms. The fourth-order valence-electron chi connectivity index (χ4n) is 2.68. The molecule has 1 saturated carbocycles. The Bertz CT molecular complexity index is 354. The second-order valence-electron chi connectivity index (χ2n) is 5.29. The van der Waals surface area contributed by atoms with E-state index >= 15 is 0 Å². The molecule has 1 aliphatic rings. The first-order valence-electron chi connectivity index (χ1n) is 6.86. The Morgan fingerprint density at radius 3 is 2.71 bits per heavy atom. The van der Waals surface area contributed by atoms with Crippen molar-refractivity contribution in [1.29, 1.82) is 0 Å². The number of hydrogen-bond donors (Lipinski definition) is 2. The first kappa shape index (κ1) is 12.3. The van der Waals surface area contributed by atoms with E-state index in [1.54, 1.807) is 0 Å². The Balaban J connectivity index is 1.75. The van der Waals surface area contributed by atoms with Crippen LogP contribution in [0.25, 0.3) is 0 Å². The van der Waals surface area contributed by atoms with E-state index in [1.807, 2.05) is 6.07 Å². The summed E-state index contributed by atoms with van der Waals surface area (Å²) in [7, 11) is 0. The van der Waals surface area contributed by atoms with Crippen molar-refractivity contribution >= 4 is 11.4 Å². The monoisotopic (exact) mass is 232 g/mol. The van der Waals surface area contributed by atoms with Crippen LogP contribution in [0.3, 0.4) is 0 Å². The first-order chi connectivity index (χ1) is 8.25. The van der Waals surface area contributed by atoms with Crippen molar-refractivity contribution in [1.82, 2.24) is 0 Å². The molecule has 0 atom stereocenters. The summed E-state index contributed by atoms with van der Waals surface area (Å²) in [5, 5.41) is 3.50. The van der Waals surface area contributed by atoms with Crippen molar-refractivity contribution in [3.63, 3.8) is 0 Å². The predicted molar refractivity (Wildman–Crippen MR) is 75.3 cm³/mol. The molecule has 1 aromatic carbocycles. The molecule has 1 aliphatic carbocycles. The molecule has 2 nitrogen and oxygen atoms in total. The summed E-state index contributed by atoms with van der Waals surface area (Å²) in [6, 6.07) is 6.19. The maximum Gasteiger partial charge on any atom is 0.0345 e. The molecular weight excluding hydrogens is 208 g/mol. The Morgan fingerprint density at radius 1 is 1.24 bits per heavy atom. The van der Waals surface area contributed by atoms with Gasteiger partial charge in [-0.15, -0.1) is 0 Å². The van der Waals surface area contributed by atoms with Crippen LogP contribution in [0.15, 0.2) is 18.2 Å². The van der Waals surface area contributed by atoms with Gasteiger partial charge in [0, 0.05) is 17.9 Å². The molecule has 2 rings (SSSR count). The number of nitrogens with two attached hydrogens (primary N) is 1. The third-order valence-corrected chi connectivity index (χ3v) is 3.88. The number of nitrogens with one attached hydrogen (secondary N) is 1. The van der Waals surface area contributed by atoms with Crippen LogP contribution in [-0.2, 0) is 0 Å². The van der Waals surface area contributed by atoms with Crippen LogP contribution in [-0.4, -0.2) is 6.54 Å². The van der Waals surface area contributed by atoms with Gasteiger partial charge in [-0.25, -0.2) is 0 Å². The lowest BCUT2D eigenvalue weighted by Crippen LogP contribution is -2.12. The topological polar surface area (TPSA) is 38.0 Å². The summed E-state index contributed by atoms with van der Waals surface area (Å²) in [4.78, 5) is 0. The average molecular weight is 232 g/mol. The minimum Gasteiger partial charge on any atom is -0.399 e. The highest BCUT2D eigenvalue weighted by Gasteiger charge is 2.12. The summed E-state index contributed by atoms with van der Waals surface area (Å²) < 4.78 is 0. The third kappa shape index (κ3) is 3.65. The summed E-state index contributed by atoms with van der Waals surface area (Å²) in [6.45, 7) is 3.15. The molecule has 1 aromatic rings. The minimum atomic E-state index is 0.878. The predicted octanol–water partition coefficient (Wildman–Crippen LogP) is 3.96. The smallest absolute Gasteiger partial charge is 0.0345 e. The van der Waals surface area contributed by atoms with E-state index in [0.717, 1.165) is 23.7 Å². The van der Waals surface area contributed by atoms with Gasteiger partial charge >= 0.3 is 0 Å². The minimum absolute atomic E-state index is 0.878. The fourth-order valence-corrected chi connectivity index (χ4v) is 2.68. The zero-order valence-corrected chi connectivity index (χ0v) is 10.8. The van der Waals surface area contributed by atoms with Crippen molar-refractivity contribution in [3.8, 4) is 0 Å². The average Bonchev–Trinajstić information content (AvgIpc) is 2.35. The fraction of sp³-hybridized carbons (Fsp3) is 0.600. The summed E-state index contributed by atoms with van der Waals surface area (Å²) in [6.07, 6.45) is 8.49. The molecule has 0 radical (unpaired) electrons. The van der Waals surface area contributed by atoms with E-state index in [-0.39, 0.29) is 0 Å². The highest BCUT2D eigenvalue weighted by Crippen LogP contribution is 2.26. The first-order valence-corrected chi connectivity index (χ1v) is 6.86. The Kier molecular flexibility index (Phi) is 4.29. The van der Waals surface area contributed by atoms with Gasteiger partial charge in [0.15, 0.2) is 0 Å². The van der Waals surface area contributed by atoms with Crippen LogP contribution < -0.4 is 11.1 Å². The molecule has 0 aliphatic heterocycles. The largest absolute Gasteiger partial charge is 0.399 e. The van der Waals surface area contributed by atoms with Crippen LogP contribution in [0.5, 0.6) is 0 Å². The summed E-state index contributed by atoms with van der Waals surface area (Å²) in [5.41, 5.74) is 9.05. The Hall–Kier alpha value is -1.18. The van der Waals surface area contributed by atoms with E-state index in [4.69, 9.17) is 5.73 Å².